The molecule has 1 saturated heterocycles. The Kier molecular flexibility index (Phi) is 20.6. The summed E-state index contributed by atoms with van der Waals surface area (Å²) in [6.07, 6.45) is 9.09. The normalized spacial score (nSPS) is 18.8. The topological polar surface area (TPSA) is 144 Å². The first-order chi connectivity index (χ1) is 41.1. The zero-order chi connectivity index (χ0) is 59.8. The van der Waals surface area contributed by atoms with Crippen LogP contribution in [0.2, 0.25) is 0 Å². The summed E-state index contributed by atoms with van der Waals surface area (Å²) in [6.45, 7) is 15.0. The molecular formula is C68H82N4O10S3. The minimum Gasteiger partial charge on any atom is -0.493 e. The van der Waals surface area contributed by atoms with Crippen LogP contribution in [0.3, 0.4) is 0 Å². The number of rotatable bonds is 29. The van der Waals surface area contributed by atoms with Crippen LogP contribution in [0.4, 0.5) is 17.1 Å². The van der Waals surface area contributed by atoms with E-state index in [1.807, 2.05) is 65.4 Å². The number of benzene rings is 5. The zero-order valence-electron chi connectivity index (χ0n) is 50.4. The third-order valence-corrected chi connectivity index (χ3v) is 21.3. The van der Waals surface area contributed by atoms with E-state index in [-0.39, 0.29) is 77.0 Å². The predicted octanol–water partition coefficient (Wildman–Crippen LogP) is 12.5. The zero-order valence-corrected chi connectivity index (χ0v) is 52.9. The van der Waals surface area contributed by atoms with E-state index in [2.05, 4.69) is 81.1 Å². The fraction of sp³-hybridized carbons (Fsp3) is 0.485. The van der Waals surface area contributed by atoms with Crippen LogP contribution >= 0.6 is 33.3 Å². The molecule has 17 heteroatoms. The number of methoxy groups -OCH3 is 1. The number of likely N-dealkylation sites (tertiary alicyclic amines) is 1. The molecule has 5 heterocycles. The van der Waals surface area contributed by atoms with Gasteiger partial charge in [0, 0.05) is 96.3 Å². The monoisotopic (exact) mass is 1210 g/mol. The van der Waals surface area contributed by atoms with Crippen molar-refractivity contribution >= 4 is 79.8 Å². The number of fused-ring (bicyclic) bond motifs is 8. The molecule has 452 valence electrons. The van der Waals surface area contributed by atoms with Gasteiger partial charge in [0.15, 0.2) is 11.5 Å². The number of hydrogen-bond donors (Lipinski definition) is 0. The van der Waals surface area contributed by atoms with Crippen molar-refractivity contribution in [1.82, 2.24) is 4.90 Å². The number of thioether (sulfide) groups is 1. The van der Waals surface area contributed by atoms with Gasteiger partial charge in [0.1, 0.15) is 24.7 Å². The lowest BCUT2D eigenvalue weighted by molar-refractivity contribution is -0.138. The van der Waals surface area contributed by atoms with E-state index in [4.69, 9.17) is 23.7 Å². The van der Waals surface area contributed by atoms with Gasteiger partial charge < -0.3 is 38.4 Å². The third kappa shape index (κ3) is 14.6. The highest BCUT2D eigenvalue weighted by Gasteiger charge is 2.42. The molecule has 5 aliphatic rings. The van der Waals surface area contributed by atoms with Gasteiger partial charge in [-0.25, -0.2) is 0 Å². The van der Waals surface area contributed by atoms with Gasteiger partial charge in [0.05, 0.1) is 32.2 Å². The van der Waals surface area contributed by atoms with E-state index in [0.29, 0.717) is 88.8 Å². The van der Waals surface area contributed by atoms with Crippen LogP contribution in [0, 0.1) is 12.8 Å². The summed E-state index contributed by atoms with van der Waals surface area (Å²) in [5, 5.41) is -0.311. The molecule has 0 saturated carbocycles. The van der Waals surface area contributed by atoms with E-state index in [9.17, 15) is 24.0 Å². The number of hydrogen-bond acceptors (Lipinski definition) is 14. The molecule has 0 bridgehead atoms. The highest BCUT2D eigenvalue weighted by molar-refractivity contribution is 8.77. The number of anilines is 3. The minimum absolute atomic E-state index is 0.0184. The van der Waals surface area contributed by atoms with Crippen molar-refractivity contribution in [3.63, 3.8) is 0 Å². The molecule has 14 nitrogen and oxygen atoms in total. The summed E-state index contributed by atoms with van der Waals surface area (Å²) < 4.78 is 31.3. The van der Waals surface area contributed by atoms with E-state index < -0.39 is 0 Å². The predicted molar refractivity (Wildman–Crippen MR) is 342 cm³/mol. The van der Waals surface area contributed by atoms with Crippen molar-refractivity contribution in [3.05, 3.63) is 141 Å². The van der Waals surface area contributed by atoms with E-state index in [1.54, 1.807) is 28.7 Å². The van der Waals surface area contributed by atoms with Crippen molar-refractivity contribution in [2.24, 2.45) is 5.92 Å². The van der Waals surface area contributed by atoms with E-state index >= 15 is 0 Å². The second-order valence-corrected chi connectivity index (χ2v) is 28.0. The Labute approximate surface area is 514 Å². The van der Waals surface area contributed by atoms with Crippen molar-refractivity contribution in [2.75, 3.05) is 79.9 Å². The second-order valence-electron chi connectivity index (χ2n) is 23.8. The molecular weight excluding hydrogens is 1130 g/mol. The highest BCUT2D eigenvalue weighted by atomic mass is 33.1. The van der Waals surface area contributed by atoms with Crippen LogP contribution in [0.15, 0.2) is 91.0 Å². The molecule has 1 fully saturated rings. The number of ether oxygens (including phenoxy) is 5. The number of para-hydroxylation sites is 2. The molecule has 0 radical (unpaired) electrons. The molecule has 0 aliphatic carbocycles. The summed E-state index contributed by atoms with van der Waals surface area (Å²) in [5.41, 5.74) is 11.5. The van der Waals surface area contributed by atoms with Gasteiger partial charge in [-0.1, -0.05) is 71.8 Å². The lowest BCUT2D eigenvalue weighted by atomic mass is 9.91. The summed E-state index contributed by atoms with van der Waals surface area (Å²) in [6, 6.07) is 31.1. The molecule has 0 aromatic heterocycles. The van der Waals surface area contributed by atoms with Gasteiger partial charge in [0.2, 0.25) is 11.8 Å². The lowest BCUT2D eigenvalue weighted by Gasteiger charge is -2.34. The Morgan fingerprint density at radius 2 is 1.38 bits per heavy atom. The van der Waals surface area contributed by atoms with Gasteiger partial charge in [-0.05, 0) is 178 Å². The van der Waals surface area contributed by atoms with Gasteiger partial charge in [-0.3, -0.25) is 28.9 Å². The molecule has 2 unspecified atom stereocenters. The number of aryl methyl sites for hydroxylation is 2. The molecule has 5 aromatic rings. The van der Waals surface area contributed by atoms with Gasteiger partial charge >= 0.3 is 0 Å². The van der Waals surface area contributed by atoms with Crippen molar-refractivity contribution in [3.8, 4) is 17.2 Å². The molecule has 5 aromatic carbocycles. The van der Waals surface area contributed by atoms with Crippen LogP contribution in [0.1, 0.15) is 132 Å². The quantitative estimate of drug-likeness (QED) is 0.0254. The van der Waals surface area contributed by atoms with Crippen molar-refractivity contribution in [1.29, 1.82) is 0 Å². The van der Waals surface area contributed by atoms with Crippen LogP contribution in [-0.4, -0.2) is 122 Å². The molecule has 10 rings (SSSR count). The summed E-state index contributed by atoms with van der Waals surface area (Å²) in [5.74, 6) is 2.69. The smallest absolute Gasteiger partial charge is 0.258 e. The number of amides is 4. The minimum atomic E-state index is -0.311. The van der Waals surface area contributed by atoms with Crippen molar-refractivity contribution < 1.29 is 47.7 Å². The Hall–Kier alpha value is -5.98. The summed E-state index contributed by atoms with van der Waals surface area (Å²) in [7, 11) is 5.19. The lowest BCUT2D eigenvalue weighted by Crippen LogP contribution is -2.40. The van der Waals surface area contributed by atoms with Crippen molar-refractivity contribution in [2.45, 2.75) is 141 Å². The van der Waals surface area contributed by atoms with Crippen LogP contribution in [0.25, 0.3) is 0 Å². The first kappa shape index (κ1) is 62.1. The number of Topliss-reactive ketones (excluding diaryl/α,β-unsaturated/α-hetero) is 1. The first-order valence-corrected chi connectivity index (χ1v) is 33.9. The summed E-state index contributed by atoms with van der Waals surface area (Å²) >= 11 is 1.40. The number of ketones is 1. The fourth-order valence-electron chi connectivity index (χ4n) is 12.7. The maximum atomic E-state index is 14.5. The maximum Gasteiger partial charge on any atom is 0.258 e. The Balaban J connectivity index is 0.875. The Bertz CT molecular complexity index is 3260. The fourth-order valence-corrected chi connectivity index (χ4v) is 15.9. The average Bonchev–Trinajstić information content (AvgIpc) is 2.45. The Morgan fingerprint density at radius 1 is 0.718 bits per heavy atom. The molecule has 85 heavy (non-hydrogen) atoms. The summed E-state index contributed by atoms with van der Waals surface area (Å²) in [4.78, 5) is 74.4. The molecule has 0 N–H and O–H groups in total. The van der Waals surface area contributed by atoms with Gasteiger partial charge in [0.25, 0.3) is 11.8 Å². The van der Waals surface area contributed by atoms with Crippen LogP contribution in [0.5, 0.6) is 17.2 Å². The standard InChI is InChI=1S/C68H82N4O10S3/c1-8-25-79-27-28-80-26-24-69(43-68(4,5)85-84-29-14-18-54(73)17-13-23-70-64(74)40-63(83-7)67(70)77)53-33-46(41-81-60-37-48-21-22-52-35-49-15-9-11-19-57(49)71(52)65(75)55(48)31-45(60)3)32-47(34-53)42-82-62-38-51-30-44(2)59-36-50-16-10-12-20-58(50)72(59)66(76)56(51)39-61(62)78-6/h9-12,15-16,19-20,31-34,37-39,44,52,59,63H,8,13-14,17-18,21-30,35-36,40-43H2,1-7H3/t44?,52-,59+,63?/m1/s1. The van der Waals surface area contributed by atoms with E-state index in [1.165, 1.54) is 27.8 Å². The van der Waals surface area contributed by atoms with Crippen LogP contribution in [-0.2, 0) is 62.8 Å². The third-order valence-electron chi connectivity index (χ3n) is 17.0. The number of nitrogens with zero attached hydrogens (tertiary/aromatic N) is 4. The maximum absolute atomic E-state index is 14.5. The average molecular weight is 1210 g/mol. The van der Waals surface area contributed by atoms with Crippen LogP contribution < -0.4 is 28.9 Å². The molecule has 0 spiro atoms. The van der Waals surface area contributed by atoms with Gasteiger partial charge in [-0.15, -0.1) is 0 Å². The molecule has 4 amide bonds. The first-order valence-electron chi connectivity index (χ1n) is 30.3. The van der Waals surface area contributed by atoms with Gasteiger partial charge in [-0.2, -0.15) is 11.8 Å². The number of carbonyl (C=O) groups excluding carboxylic acids is 5. The SMILES string of the molecule is CCCOCCOCCN(CC(C)(C)SSCCCC(=O)CCCN1C(=O)CC(SC)C1=O)c1cc(COc2cc3c(cc2C)C(=O)N2c4ccccc4C[C@H]2CC3)cc(COc2cc3c(cc2OC)C(=O)N2c4ccccc4C[C@H]2C(C)C3)c1. The molecule has 4 atom stereocenters. The second kappa shape index (κ2) is 28.2. The van der Waals surface area contributed by atoms with E-state index in [0.717, 1.165) is 100 Å². The molecule has 5 aliphatic heterocycles. The number of carbonyl (C=O) groups is 5. The highest BCUT2D eigenvalue weighted by Crippen LogP contribution is 2.44. The largest absolute Gasteiger partial charge is 0.493 e. The number of imide groups is 1. The Morgan fingerprint density at radius 3 is 2.09 bits per heavy atom.